The molecule has 3 saturated heterocycles. The van der Waals surface area contributed by atoms with Gasteiger partial charge in [-0.3, -0.25) is 9.88 Å². The topological polar surface area (TPSA) is 107 Å². The zero-order valence-electron chi connectivity index (χ0n) is 21.4. The molecule has 5 heterocycles. The number of benzene rings is 1. The molecule has 2 aromatic heterocycles. The van der Waals surface area contributed by atoms with E-state index in [2.05, 4.69) is 14.7 Å². The molecule has 10 nitrogen and oxygen atoms in total. The van der Waals surface area contributed by atoms with Crippen molar-refractivity contribution in [2.75, 3.05) is 24.6 Å². The van der Waals surface area contributed by atoms with Gasteiger partial charge in [-0.25, -0.2) is 9.59 Å². The Balaban J connectivity index is 1.46. The monoisotopic (exact) mass is 530 g/mol. The summed E-state index contributed by atoms with van der Waals surface area (Å²) in [7, 11) is 0. The Morgan fingerprint density at radius 1 is 1.13 bits per heavy atom. The van der Waals surface area contributed by atoms with Crippen LogP contribution in [0.15, 0.2) is 40.9 Å². The number of aromatic nitrogens is 2. The molecule has 6 rings (SSSR count). The normalized spacial score (nSPS) is 19.2. The highest BCUT2D eigenvalue weighted by Gasteiger charge is 2.50. The summed E-state index contributed by atoms with van der Waals surface area (Å²) in [5.41, 5.74) is 0.643. The van der Waals surface area contributed by atoms with Gasteiger partial charge in [0.25, 0.3) is 6.01 Å². The third-order valence-electron chi connectivity index (χ3n) is 6.26. The van der Waals surface area contributed by atoms with Crippen LogP contribution in [0, 0.1) is 0 Å². The molecule has 202 valence electrons. The van der Waals surface area contributed by atoms with Crippen LogP contribution in [0.3, 0.4) is 0 Å². The SMILES string of the molecule is CCOC(=O)C(F)(F)Oc1ccc(-c2ccccn2)c2oc(N3CC4CC(C3)N4C(=O)OC(C)(C)C)nc12. The van der Waals surface area contributed by atoms with E-state index in [0.29, 0.717) is 24.3 Å². The second-order valence-corrected chi connectivity index (χ2v) is 10.2. The maximum atomic E-state index is 14.5. The molecule has 0 aliphatic carbocycles. The average Bonchev–Trinajstić information content (AvgIpc) is 3.30. The molecule has 0 saturated carbocycles. The molecular formula is C26H28F2N4O6. The minimum atomic E-state index is -4.23. The lowest BCUT2D eigenvalue weighted by molar-refractivity contribution is -0.216. The summed E-state index contributed by atoms with van der Waals surface area (Å²) in [6.45, 7) is 7.50. The van der Waals surface area contributed by atoms with E-state index in [0.717, 1.165) is 6.42 Å². The number of carbonyl (C=O) groups is 2. The number of oxazole rings is 1. The fraction of sp³-hybridized carbons (Fsp3) is 0.462. The predicted molar refractivity (Wildman–Crippen MR) is 132 cm³/mol. The summed E-state index contributed by atoms with van der Waals surface area (Å²) in [6, 6.07) is 8.09. The highest BCUT2D eigenvalue weighted by Crippen LogP contribution is 2.41. The van der Waals surface area contributed by atoms with Crippen LogP contribution >= 0.6 is 0 Å². The Morgan fingerprint density at radius 3 is 2.50 bits per heavy atom. The smallest absolute Gasteiger partial charge is 0.459 e. The summed E-state index contributed by atoms with van der Waals surface area (Å²) >= 11 is 0. The van der Waals surface area contributed by atoms with Gasteiger partial charge in [0, 0.05) is 24.8 Å². The Kier molecular flexibility index (Phi) is 6.36. The molecule has 2 bridgehead atoms. The molecule has 1 amide bonds. The van der Waals surface area contributed by atoms with E-state index in [-0.39, 0.29) is 47.6 Å². The number of halogens is 2. The van der Waals surface area contributed by atoms with Gasteiger partial charge in [-0.05, 0) is 58.4 Å². The van der Waals surface area contributed by atoms with Gasteiger partial charge in [-0.2, -0.15) is 13.8 Å². The van der Waals surface area contributed by atoms with Crippen molar-refractivity contribution >= 4 is 29.2 Å². The number of hydrogen-bond donors (Lipinski definition) is 0. The number of hydrogen-bond acceptors (Lipinski definition) is 9. The van der Waals surface area contributed by atoms with Gasteiger partial charge < -0.3 is 23.5 Å². The minimum absolute atomic E-state index is 0.00960. The van der Waals surface area contributed by atoms with Crippen LogP contribution in [-0.2, 0) is 14.3 Å². The van der Waals surface area contributed by atoms with E-state index in [9.17, 15) is 18.4 Å². The fourth-order valence-electron chi connectivity index (χ4n) is 4.69. The van der Waals surface area contributed by atoms with Crippen molar-refractivity contribution in [1.29, 1.82) is 0 Å². The van der Waals surface area contributed by atoms with Crippen LogP contribution in [0.2, 0.25) is 0 Å². The zero-order chi connectivity index (χ0) is 27.2. The summed E-state index contributed by atoms with van der Waals surface area (Å²) in [5, 5.41) is 0. The highest BCUT2D eigenvalue weighted by atomic mass is 19.3. The minimum Gasteiger partial charge on any atom is -0.459 e. The van der Waals surface area contributed by atoms with Gasteiger partial charge >= 0.3 is 18.2 Å². The van der Waals surface area contributed by atoms with Crippen LogP contribution in [-0.4, -0.2) is 70.4 Å². The van der Waals surface area contributed by atoms with Crippen LogP contribution in [0.5, 0.6) is 5.75 Å². The van der Waals surface area contributed by atoms with Crippen molar-refractivity contribution in [1.82, 2.24) is 14.9 Å². The van der Waals surface area contributed by atoms with Crippen LogP contribution in [0.25, 0.3) is 22.4 Å². The number of rotatable bonds is 6. The molecule has 38 heavy (non-hydrogen) atoms. The van der Waals surface area contributed by atoms with E-state index >= 15 is 0 Å². The third kappa shape index (κ3) is 4.82. The molecule has 3 aliphatic heterocycles. The van der Waals surface area contributed by atoms with Gasteiger partial charge in [0.1, 0.15) is 5.60 Å². The lowest BCUT2D eigenvalue weighted by atomic mass is 9.88. The quantitative estimate of drug-likeness (QED) is 0.422. The molecule has 2 unspecified atom stereocenters. The number of amides is 1. The number of piperidine rings is 1. The molecule has 0 radical (unpaired) electrons. The number of nitrogens with zero attached hydrogens (tertiary/aromatic N) is 4. The fourth-order valence-corrected chi connectivity index (χ4v) is 4.69. The number of esters is 1. The van der Waals surface area contributed by atoms with Crippen molar-refractivity contribution < 1.29 is 37.0 Å². The number of anilines is 1. The zero-order valence-corrected chi connectivity index (χ0v) is 21.4. The first-order valence-corrected chi connectivity index (χ1v) is 12.3. The molecule has 0 spiro atoms. The lowest BCUT2D eigenvalue weighted by Gasteiger charge is -2.55. The molecular weight excluding hydrogens is 502 g/mol. The van der Waals surface area contributed by atoms with Crippen molar-refractivity contribution in [3.8, 4) is 17.0 Å². The molecule has 3 fully saturated rings. The molecule has 2 atom stereocenters. The van der Waals surface area contributed by atoms with E-state index in [1.807, 2.05) is 25.7 Å². The van der Waals surface area contributed by atoms with Gasteiger partial charge in [0.2, 0.25) is 0 Å². The number of fused-ring (bicyclic) bond motifs is 3. The van der Waals surface area contributed by atoms with Gasteiger partial charge in [0.05, 0.1) is 24.4 Å². The lowest BCUT2D eigenvalue weighted by Crippen LogP contribution is -2.70. The van der Waals surface area contributed by atoms with Crippen molar-refractivity contribution in [3.05, 3.63) is 36.5 Å². The first kappa shape index (κ1) is 25.7. The first-order chi connectivity index (χ1) is 18.0. The van der Waals surface area contributed by atoms with Gasteiger partial charge in [-0.15, -0.1) is 0 Å². The highest BCUT2D eigenvalue weighted by molar-refractivity contribution is 5.94. The van der Waals surface area contributed by atoms with Crippen molar-refractivity contribution in [3.63, 3.8) is 0 Å². The first-order valence-electron chi connectivity index (χ1n) is 12.3. The molecule has 3 aliphatic rings. The Hall–Kier alpha value is -3.96. The largest absolute Gasteiger partial charge is 0.502 e. The van der Waals surface area contributed by atoms with E-state index in [1.165, 1.54) is 19.1 Å². The number of alkyl halides is 2. The van der Waals surface area contributed by atoms with Crippen LogP contribution in [0.1, 0.15) is 34.1 Å². The molecule has 1 aromatic carbocycles. The Morgan fingerprint density at radius 2 is 1.87 bits per heavy atom. The number of piperazine rings is 1. The summed E-state index contributed by atoms with van der Waals surface area (Å²) in [4.78, 5) is 36.8. The Bertz CT molecular complexity index is 1350. The van der Waals surface area contributed by atoms with Crippen molar-refractivity contribution in [2.45, 2.75) is 57.9 Å². The van der Waals surface area contributed by atoms with Gasteiger partial charge in [-0.1, -0.05) is 6.07 Å². The van der Waals surface area contributed by atoms with Crippen LogP contribution < -0.4 is 9.64 Å². The molecule has 12 heteroatoms. The Labute approximate surface area is 217 Å². The van der Waals surface area contributed by atoms with Gasteiger partial charge in [0.15, 0.2) is 16.8 Å². The standard InChI is InChI=1S/C26H28F2N4O6/c1-5-35-22(33)26(27,28)37-19-10-9-17(18-8-6-7-11-29-18)21-20(19)30-23(36-21)31-13-15-12-16(14-31)32(15)24(34)38-25(2,3)4/h6-11,15-16H,5,12-14H2,1-4H3. The summed E-state index contributed by atoms with van der Waals surface area (Å²) in [5.74, 6) is -2.14. The van der Waals surface area contributed by atoms with Crippen molar-refractivity contribution in [2.24, 2.45) is 0 Å². The second-order valence-electron chi connectivity index (χ2n) is 10.2. The number of pyridine rings is 1. The van der Waals surface area contributed by atoms with E-state index in [4.69, 9.17) is 13.9 Å². The summed E-state index contributed by atoms with van der Waals surface area (Å²) < 4.78 is 49.8. The van der Waals surface area contributed by atoms with E-state index in [1.54, 1.807) is 29.3 Å². The maximum Gasteiger partial charge on any atom is 0.502 e. The van der Waals surface area contributed by atoms with Crippen LogP contribution in [0.4, 0.5) is 19.6 Å². The summed E-state index contributed by atoms with van der Waals surface area (Å²) in [6.07, 6.45) is -2.18. The molecule has 3 aromatic rings. The third-order valence-corrected chi connectivity index (χ3v) is 6.26. The number of ether oxygens (including phenoxy) is 3. The molecule has 0 N–H and O–H groups in total. The predicted octanol–water partition coefficient (Wildman–Crippen LogP) is 4.62. The van der Waals surface area contributed by atoms with E-state index < -0.39 is 17.7 Å². The second kappa shape index (κ2) is 9.41. The maximum absolute atomic E-state index is 14.5. The number of carbonyl (C=O) groups excluding carboxylic acids is 2. The average molecular weight is 531 g/mol.